The summed E-state index contributed by atoms with van der Waals surface area (Å²) in [6.07, 6.45) is 6.09. The van der Waals surface area contributed by atoms with Gasteiger partial charge in [0.15, 0.2) is 5.76 Å². The van der Waals surface area contributed by atoms with Crippen molar-refractivity contribution in [1.82, 2.24) is 0 Å². The highest BCUT2D eigenvalue weighted by Crippen LogP contribution is 2.35. The lowest BCUT2D eigenvalue weighted by Crippen LogP contribution is -2.30. The normalized spacial score (nSPS) is 11.1. The molecular weight excluding hydrogens is 276 g/mol. The van der Waals surface area contributed by atoms with E-state index >= 15 is 0 Å². The molecule has 0 spiro atoms. The number of rotatable bonds is 4. The van der Waals surface area contributed by atoms with Crippen molar-refractivity contribution in [2.75, 3.05) is 7.11 Å². The van der Waals surface area contributed by atoms with Crippen LogP contribution in [0.1, 0.15) is 39.9 Å². The number of carbonyl (C=O) groups is 1. The zero-order valence-electron chi connectivity index (χ0n) is 14.2. The van der Waals surface area contributed by atoms with E-state index < -0.39 is 5.41 Å². The van der Waals surface area contributed by atoms with E-state index in [9.17, 15) is 4.79 Å². The van der Waals surface area contributed by atoms with E-state index in [1.165, 1.54) is 7.11 Å². The number of methoxy groups -OCH3 is 1. The van der Waals surface area contributed by atoms with Gasteiger partial charge >= 0.3 is 5.97 Å². The van der Waals surface area contributed by atoms with Gasteiger partial charge in [-0.05, 0) is 49.8 Å². The Balaban J connectivity index is 0.00000211. The number of hydrogen-bond acceptors (Lipinski definition) is 3. The zero-order valence-corrected chi connectivity index (χ0v) is 14.2. The molecule has 0 amide bonds. The fourth-order valence-corrected chi connectivity index (χ4v) is 2.28. The molecule has 0 bridgehead atoms. The van der Waals surface area contributed by atoms with E-state index in [4.69, 9.17) is 9.15 Å². The Labute approximate surface area is 134 Å². The minimum Gasteiger partial charge on any atom is -0.469 e. The van der Waals surface area contributed by atoms with Crippen LogP contribution in [0.5, 0.6) is 0 Å². The standard InChI is InChI=1S/C17H22O3.C2H4/c1-16(2,13-17(3,4)15(18)19-5)11-7-6-9-14-10-8-12-20-14;1-2/h7-8,10-12H,13H2,1-5H3;1-2H2/b11-7-;. The van der Waals surface area contributed by atoms with Crippen LogP contribution in [0.15, 0.2) is 48.1 Å². The highest BCUT2D eigenvalue weighted by Gasteiger charge is 2.34. The van der Waals surface area contributed by atoms with Gasteiger partial charge in [0.05, 0.1) is 18.8 Å². The van der Waals surface area contributed by atoms with E-state index in [-0.39, 0.29) is 11.4 Å². The minimum absolute atomic E-state index is 0.143. The summed E-state index contributed by atoms with van der Waals surface area (Å²) in [5.74, 6) is 6.28. The van der Waals surface area contributed by atoms with Crippen molar-refractivity contribution in [3.63, 3.8) is 0 Å². The second-order valence-corrected chi connectivity index (χ2v) is 6.12. The fourth-order valence-electron chi connectivity index (χ4n) is 2.28. The van der Waals surface area contributed by atoms with E-state index in [1.807, 2.05) is 26.0 Å². The quantitative estimate of drug-likeness (QED) is 0.463. The molecule has 0 aliphatic carbocycles. The molecule has 0 aromatic carbocycles. The van der Waals surface area contributed by atoms with E-state index in [1.54, 1.807) is 18.4 Å². The molecule has 1 heterocycles. The van der Waals surface area contributed by atoms with Crippen LogP contribution in [0.25, 0.3) is 0 Å². The van der Waals surface area contributed by atoms with Gasteiger partial charge in [0.1, 0.15) is 0 Å². The molecule has 0 N–H and O–H groups in total. The first kappa shape index (κ1) is 19.8. The van der Waals surface area contributed by atoms with Crippen LogP contribution in [0.3, 0.4) is 0 Å². The Morgan fingerprint density at radius 3 is 2.50 bits per heavy atom. The van der Waals surface area contributed by atoms with Crippen molar-refractivity contribution < 1.29 is 13.9 Å². The summed E-state index contributed by atoms with van der Waals surface area (Å²) in [4.78, 5) is 11.7. The largest absolute Gasteiger partial charge is 0.469 e. The van der Waals surface area contributed by atoms with Gasteiger partial charge in [0, 0.05) is 0 Å². The molecule has 1 aromatic heterocycles. The minimum atomic E-state index is -0.517. The second kappa shape index (κ2) is 8.94. The lowest BCUT2D eigenvalue weighted by molar-refractivity contribution is -0.152. The van der Waals surface area contributed by atoms with Gasteiger partial charge in [0.2, 0.25) is 0 Å². The maximum atomic E-state index is 11.7. The van der Waals surface area contributed by atoms with Gasteiger partial charge in [-0.3, -0.25) is 4.79 Å². The first-order chi connectivity index (χ1) is 10.3. The molecule has 3 nitrogen and oxygen atoms in total. The third kappa shape index (κ3) is 6.99. The van der Waals surface area contributed by atoms with Gasteiger partial charge in [-0.2, -0.15) is 0 Å². The Morgan fingerprint density at radius 2 is 2.00 bits per heavy atom. The summed E-state index contributed by atoms with van der Waals surface area (Å²) < 4.78 is 9.96. The predicted octanol–water partition coefficient (Wildman–Crippen LogP) is 4.61. The van der Waals surface area contributed by atoms with Gasteiger partial charge in [-0.1, -0.05) is 25.8 Å². The molecule has 0 fully saturated rings. The summed E-state index contributed by atoms with van der Waals surface area (Å²) in [5.41, 5.74) is -0.660. The maximum Gasteiger partial charge on any atom is 0.311 e. The van der Waals surface area contributed by atoms with Gasteiger partial charge in [-0.25, -0.2) is 0 Å². The van der Waals surface area contributed by atoms with Crippen molar-refractivity contribution in [2.45, 2.75) is 34.1 Å². The summed E-state index contributed by atoms with van der Waals surface area (Å²) in [7, 11) is 1.42. The first-order valence-electron chi connectivity index (χ1n) is 7.08. The number of allylic oxidation sites excluding steroid dienone is 2. The van der Waals surface area contributed by atoms with Crippen LogP contribution in [0.2, 0.25) is 0 Å². The number of esters is 1. The maximum absolute atomic E-state index is 11.7. The van der Waals surface area contributed by atoms with Gasteiger partial charge < -0.3 is 9.15 Å². The highest BCUT2D eigenvalue weighted by molar-refractivity contribution is 5.75. The molecule has 0 radical (unpaired) electrons. The van der Waals surface area contributed by atoms with Gasteiger partial charge in [0.25, 0.3) is 0 Å². The molecule has 0 aliphatic rings. The topological polar surface area (TPSA) is 39.4 Å². The first-order valence-corrected chi connectivity index (χ1v) is 7.08. The Bertz CT molecular complexity index is 537. The monoisotopic (exact) mass is 302 g/mol. The fraction of sp³-hybridized carbons (Fsp3) is 0.421. The van der Waals surface area contributed by atoms with Crippen LogP contribution in [0.4, 0.5) is 0 Å². The van der Waals surface area contributed by atoms with Crippen molar-refractivity contribution in [3.05, 3.63) is 49.5 Å². The van der Waals surface area contributed by atoms with E-state index in [0.29, 0.717) is 12.2 Å². The third-order valence-electron chi connectivity index (χ3n) is 2.97. The average Bonchev–Trinajstić information content (AvgIpc) is 2.97. The summed E-state index contributed by atoms with van der Waals surface area (Å²) >= 11 is 0. The van der Waals surface area contributed by atoms with Crippen molar-refractivity contribution in [3.8, 4) is 11.8 Å². The molecule has 0 saturated carbocycles. The molecule has 0 saturated heterocycles. The zero-order chi connectivity index (χ0) is 17.2. The lowest BCUT2D eigenvalue weighted by atomic mass is 9.75. The highest BCUT2D eigenvalue weighted by atomic mass is 16.5. The number of carbonyl (C=O) groups excluding carboxylic acids is 1. The summed E-state index contributed by atoms with van der Waals surface area (Å²) in [6.45, 7) is 13.9. The summed E-state index contributed by atoms with van der Waals surface area (Å²) in [6, 6.07) is 3.61. The molecule has 0 atom stereocenters. The Kier molecular flexibility index (Phi) is 8.04. The molecule has 3 heteroatoms. The van der Waals surface area contributed by atoms with Crippen molar-refractivity contribution in [2.24, 2.45) is 10.8 Å². The Morgan fingerprint density at radius 1 is 1.36 bits per heavy atom. The van der Waals surface area contributed by atoms with Crippen LogP contribution >= 0.6 is 0 Å². The molecule has 1 rings (SSSR count). The van der Waals surface area contributed by atoms with Crippen molar-refractivity contribution >= 4 is 5.97 Å². The van der Waals surface area contributed by atoms with Gasteiger partial charge in [-0.15, -0.1) is 13.2 Å². The van der Waals surface area contributed by atoms with Crippen LogP contribution in [-0.4, -0.2) is 13.1 Å². The molecule has 120 valence electrons. The van der Waals surface area contributed by atoms with Crippen LogP contribution < -0.4 is 0 Å². The Hall–Kier alpha value is -2.21. The van der Waals surface area contributed by atoms with E-state index in [0.717, 1.165) is 0 Å². The molecule has 0 aliphatic heterocycles. The lowest BCUT2D eigenvalue weighted by Gasteiger charge is -2.30. The molecular formula is C19H26O3. The number of furan rings is 1. The van der Waals surface area contributed by atoms with Crippen molar-refractivity contribution in [1.29, 1.82) is 0 Å². The smallest absolute Gasteiger partial charge is 0.311 e. The summed E-state index contributed by atoms with van der Waals surface area (Å²) in [5, 5.41) is 0. The molecule has 22 heavy (non-hydrogen) atoms. The average molecular weight is 302 g/mol. The second-order valence-electron chi connectivity index (χ2n) is 6.12. The van der Waals surface area contributed by atoms with E-state index in [2.05, 4.69) is 38.8 Å². The SMILES string of the molecule is C=C.COC(=O)C(C)(C)CC(C)(C)/C=C\C#Cc1ccco1. The molecule has 0 unspecified atom stereocenters. The predicted molar refractivity (Wildman–Crippen MR) is 90.2 cm³/mol. The third-order valence-corrected chi connectivity index (χ3v) is 2.97. The number of ether oxygens (including phenoxy) is 1. The number of hydrogen-bond donors (Lipinski definition) is 0. The van der Waals surface area contributed by atoms with Crippen LogP contribution in [0, 0.1) is 22.7 Å². The molecule has 1 aromatic rings. The van der Waals surface area contributed by atoms with Crippen LogP contribution in [-0.2, 0) is 9.53 Å².